The number of nitriles is 1. The molecule has 1 N–H and O–H groups in total. The highest BCUT2D eigenvalue weighted by Crippen LogP contribution is 2.33. The van der Waals surface area contributed by atoms with Gasteiger partial charge in [-0.05, 0) is 68.4 Å². The quantitative estimate of drug-likeness (QED) is 0.129. The van der Waals surface area contributed by atoms with Gasteiger partial charge >= 0.3 is 5.97 Å². The first-order valence-corrected chi connectivity index (χ1v) is 9.98. The molecule has 2 aromatic rings. The normalized spacial score (nSPS) is 10.7. The third-order valence-corrected chi connectivity index (χ3v) is 4.96. The monoisotopic (exact) mass is 585 g/mol. The van der Waals surface area contributed by atoms with Gasteiger partial charge < -0.3 is 14.8 Å². The molecule has 0 unspecified atom stereocenters. The van der Waals surface area contributed by atoms with E-state index < -0.39 is 16.8 Å². The molecule has 11 heteroatoms. The molecule has 0 aliphatic carbocycles. The predicted molar refractivity (Wildman–Crippen MR) is 120 cm³/mol. The summed E-state index contributed by atoms with van der Waals surface area (Å²) in [6.07, 6.45) is 1.36. The highest BCUT2D eigenvalue weighted by Gasteiger charge is 2.15. The molecule has 0 aliphatic rings. The number of carbonyl (C=O) groups excluding carboxylic acids is 2. The number of nitro benzene ring substituents is 1. The molecule has 0 spiro atoms. The van der Waals surface area contributed by atoms with Gasteiger partial charge in [0.05, 0.1) is 20.1 Å². The smallest absolute Gasteiger partial charge is 0.343 e. The van der Waals surface area contributed by atoms with E-state index in [2.05, 4.69) is 26.0 Å². The first-order valence-electron chi connectivity index (χ1n) is 8.11. The molecular weight excluding hydrogens is 573 g/mol. The Labute approximate surface area is 193 Å². The number of rotatable bonds is 7. The summed E-state index contributed by atoms with van der Waals surface area (Å²) in [5, 5.41) is 22.7. The van der Waals surface area contributed by atoms with Crippen molar-refractivity contribution in [2.45, 2.75) is 0 Å². The van der Waals surface area contributed by atoms with Crippen LogP contribution in [0.1, 0.15) is 5.56 Å². The third kappa shape index (κ3) is 6.26. The van der Waals surface area contributed by atoms with E-state index in [-0.39, 0.29) is 23.6 Å². The van der Waals surface area contributed by atoms with Crippen molar-refractivity contribution in [2.75, 3.05) is 19.0 Å². The molecule has 30 heavy (non-hydrogen) atoms. The average molecular weight is 586 g/mol. The number of hydrogen-bond acceptors (Lipinski definition) is 7. The number of benzene rings is 2. The van der Waals surface area contributed by atoms with E-state index in [9.17, 15) is 25.0 Å². The Morgan fingerprint density at radius 3 is 2.70 bits per heavy atom. The van der Waals surface area contributed by atoms with E-state index in [1.54, 1.807) is 12.1 Å². The van der Waals surface area contributed by atoms with Gasteiger partial charge in [-0.25, -0.2) is 4.79 Å². The van der Waals surface area contributed by atoms with E-state index in [1.807, 2.05) is 28.7 Å². The lowest BCUT2D eigenvalue weighted by atomic mass is 10.1. The van der Waals surface area contributed by atoms with Gasteiger partial charge in [-0.1, -0.05) is 6.07 Å². The largest absolute Gasteiger partial charge is 0.480 e. The number of non-ortho nitro benzene ring substituents is 1. The van der Waals surface area contributed by atoms with Gasteiger partial charge in [0.1, 0.15) is 17.4 Å². The Bertz CT molecular complexity index is 1060. The van der Waals surface area contributed by atoms with Crippen LogP contribution >= 0.6 is 38.5 Å². The standard InChI is InChI=1S/C19H13BrIN3O6/c1-29-17(25)10-30-18-15(20)6-11(7-16(18)21)5-12(9-22)19(26)23-13-3-2-4-14(8-13)24(27)28/h2-8H,10H2,1H3,(H,23,26)/b12-5+. The molecule has 0 saturated carbocycles. The fourth-order valence-electron chi connectivity index (χ4n) is 2.20. The zero-order valence-electron chi connectivity index (χ0n) is 15.3. The number of carbonyl (C=O) groups is 2. The number of nitrogens with one attached hydrogen (secondary N) is 1. The zero-order chi connectivity index (χ0) is 22.3. The second kappa shape index (κ2) is 10.7. The summed E-state index contributed by atoms with van der Waals surface area (Å²) >= 11 is 5.33. The summed E-state index contributed by atoms with van der Waals surface area (Å²) in [7, 11) is 1.25. The van der Waals surface area contributed by atoms with Crippen molar-refractivity contribution in [2.24, 2.45) is 0 Å². The summed E-state index contributed by atoms with van der Waals surface area (Å²) in [6, 6.07) is 10.5. The lowest BCUT2D eigenvalue weighted by Crippen LogP contribution is -2.14. The molecule has 154 valence electrons. The SMILES string of the molecule is COC(=O)COc1c(Br)cc(/C=C(\C#N)C(=O)Nc2cccc([N+](=O)[O-])c2)cc1I. The van der Waals surface area contributed by atoms with Crippen LogP contribution in [0, 0.1) is 25.0 Å². The molecule has 0 saturated heterocycles. The Balaban J connectivity index is 2.24. The van der Waals surface area contributed by atoms with Crippen LogP contribution in [0.5, 0.6) is 5.75 Å². The van der Waals surface area contributed by atoms with Gasteiger partial charge in [0.15, 0.2) is 6.61 Å². The molecule has 0 heterocycles. The number of halogens is 2. The van der Waals surface area contributed by atoms with Crippen molar-refractivity contribution < 1.29 is 24.0 Å². The maximum absolute atomic E-state index is 12.4. The van der Waals surface area contributed by atoms with E-state index in [0.717, 1.165) is 0 Å². The van der Waals surface area contributed by atoms with Crippen LogP contribution in [0.4, 0.5) is 11.4 Å². The van der Waals surface area contributed by atoms with E-state index in [1.165, 1.54) is 37.5 Å². The first kappa shape index (κ1) is 23.3. The maximum atomic E-state index is 12.4. The van der Waals surface area contributed by atoms with Crippen LogP contribution in [0.25, 0.3) is 6.08 Å². The molecule has 0 aromatic heterocycles. The van der Waals surface area contributed by atoms with Gasteiger partial charge in [-0.3, -0.25) is 14.9 Å². The van der Waals surface area contributed by atoms with E-state index >= 15 is 0 Å². The van der Waals surface area contributed by atoms with Gasteiger partial charge in [0.25, 0.3) is 11.6 Å². The molecule has 2 aromatic carbocycles. The summed E-state index contributed by atoms with van der Waals surface area (Å²) < 4.78 is 11.1. The average Bonchev–Trinajstić information content (AvgIpc) is 2.71. The fraction of sp³-hybridized carbons (Fsp3) is 0.105. The lowest BCUT2D eigenvalue weighted by molar-refractivity contribution is -0.384. The molecule has 0 atom stereocenters. The molecule has 0 fully saturated rings. The minimum atomic E-state index is -0.713. The zero-order valence-corrected chi connectivity index (χ0v) is 19.1. The highest BCUT2D eigenvalue weighted by atomic mass is 127. The topological polar surface area (TPSA) is 132 Å². The molecule has 0 bridgehead atoms. The van der Waals surface area contributed by atoms with Crippen molar-refractivity contribution in [3.05, 3.63) is 65.7 Å². The van der Waals surface area contributed by atoms with Crippen molar-refractivity contribution in [1.82, 2.24) is 0 Å². The number of hydrogen-bond donors (Lipinski definition) is 1. The minimum absolute atomic E-state index is 0.184. The van der Waals surface area contributed by atoms with E-state index in [4.69, 9.17) is 4.74 Å². The van der Waals surface area contributed by atoms with Gasteiger partial charge in [0.2, 0.25) is 0 Å². The van der Waals surface area contributed by atoms with Crippen LogP contribution in [0.2, 0.25) is 0 Å². The third-order valence-electron chi connectivity index (χ3n) is 3.57. The fourth-order valence-corrected chi connectivity index (χ4v) is 3.97. The minimum Gasteiger partial charge on any atom is -0.480 e. The van der Waals surface area contributed by atoms with Crippen molar-refractivity contribution in [3.63, 3.8) is 0 Å². The molecule has 0 aliphatic heterocycles. The maximum Gasteiger partial charge on any atom is 0.343 e. The number of ether oxygens (including phenoxy) is 2. The Morgan fingerprint density at radius 2 is 2.10 bits per heavy atom. The van der Waals surface area contributed by atoms with Crippen LogP contribution in [-0.4, -0.2) is 30.5 Å². The van der Waals surface area contributed by atoms with Gasteiger partial charge in [0, 0.05) is 17.8 Å². The number of anilines is 1. The Morgan fingerprint density at radius 1 is 1.37 bits per heavy atom. The lowest BCUT2D eigenvalue weighted by Gasteiger charge is -2.10. The van der Waals surface area contributed by atoms with Crippen molar-refractivity contribution >= 4 is 67.8 Å². The second-order valence-electron chi connectivity index (χ2n) is 5.61. The molecular formula is C19H13BrIN3O6. The van der Waals surface area contributed by atoms with E-state index in [0.29, 0.717) is 19.4 Å². The Kier molecular flexibility index (Phi) is 8.31. The molecule has 2 rings (SSSR count). The predicted octanol–water partition coefficient (Wildman–Crippen LogP) is 4.06. The molecule has 9 nitrogen and oxygen atoms in total. The summed E-state index contributed by atoms with van der Waals surface area (Å²) in [5.41, 5.74) is 0.337. The van der Waals surface area contributed by atoms with Crippen LogP contribution in [-0.2, 0) is 14.3 Å². The second-order valence-corrected chi connectivity index (χ2v) is 7.63. The van der Waals surface area contributed by atoms with Crippen LogP contribution in [0.15, 0.2) is 46.4 Å². The molecule has 1 amide bonds. The van der Waals surface area contributed by atoms with Crippen LogP contribution < -0.4 is 10.1 Å². The van der Waals surface area contributed by atoms with Gasteiger partial charge in [-0.2, -0.15) is 5.26 Å². The first-order chi connectivity index (χ1) is 14.2. The van der Waals surface area contributed by atoms with Gasteiger partial charge in [-0.15, -0.1) is 0 Å². The van der Waals surface area contributed by atoms with Crippen molar-refractivity contribution in [1.29, 1.82) is 5.26 Å². The Hall–Kier alpha value is -2.98. The molecule has 0 radical (unpaired) electrons. The number of esters is 1. The number of nitro groups is 1. The van der Waals surface area contributed by atoms with Crippen molar-refractivity contribution in [3.8, 4) is 11.8 Å². The summed E-state index contributed by atoms with van der Waals surface area (Å²) in [4.78, 5) is 33.9. The summed E-state index contributed by atoms with van der Waals surface area (Å²) in [5.74, 6) is -0.834. The highest BCUT2D eigenvalue weighted by molar-refractivity contribution is 14.1. The summed E-state index contributed by atoms with van der Waals surface area (Å²) in [6.45, 7) is -0.269. The number of nitrogens with zero attached hydrogens (tertiary/aromatic N) is 2. The number of amides is 1. The van der Waals surface area contributed by atoms with Crippen LogP contribution in [0.3, 0.4) is 0 Å². The number of methoxy groups -OCH3 is 1.